The van der Waals surface area contributed by atoms with E-state index < -0.39 is 0 Å². The summed E-state index contributed by atoms with van der Waals surface area (Å²) in [6, 6.07) is 8.48. The fourth-order valence-electron chi connectivity index (χ4n) is 1.87. The predicted molar refractivity (Wildman–Crippen MR) is 81.9 cm³/mol. The third-order valence-corrected chi connectivity index (χ3v) is 2.67. The van der Waals surface area contributed by atoms with Crippen molar-refractivity contribution in [1.82, 2.24) is 0 Å². The third-order valence-electron chi connectivity index (χ3n) is 2.67. The van der Waals surface area contributed by atoms with Crippen molar-refractivity contribution >= 4 is 12.2 Å². The van der Waals surface area contributed by atoms with Crippen LogP contribution < -0.4 is 10.4 Å². The highest BCUT2D eigenvalue weighted by molar-refractivity contribution is 5.33. The molecular formula is C17H28O. The molecule has 1 heteroatoms. The van der Waals surface area contributed by atoms with Gasteiger partial charge < -0.3 is 4.74 Å². The van der Waals surface area contributed by atoms with Crippen molar-refractivity contribution in [3.05, 3.63) is 34.7 Å². The van der Waals surface area contributed by atoms with Crippen LogP contribution in [0.2, 0.25) is 0 Å². The fourth-order valence-corrected chi connectivity index (χ4v) is 1.87. The maximum atomic E-state index is 5.08. The molecule has 0 bridgehead atoms. The average Bonchev–Trinajstić information content (AvgIpc) is 2.40. The van der Waals surface area contributed by atoms with E-state index in [9.17, 15) is 0 Å². The van der Waals surface area contributed by atoms with Gasteiger partial charge in [0.15, 0.2) is 0 Å². The number of methoxy groups -OCH3 is 1. The van der Waals surface area contributed by atoms with Crippen molar-refractivity contribution in [3.8, 4) is 0 Å². The lowest BCUT2D eigenvalue weighted by Crippen LogP contribution is -2.25. The van der Waals surface area contributed by atoms with E-state index >= 15 is 0 Å². The second kappa shape index (κ2) is 11.0. The van der Waals surface area contributed by atoms with Gasteiger partial charge in [-0.25, -0.2) is 0 Å². The zero-order valence-electron chi connectivity index (χ0n) is 12.6. The van der Waals surface area contributed by atoms with E-state index in [1.54, 1.807) is 7.11 Å². The first-order valence-corrected chi connectivity index (χ1v) is 7.04. The van der Waals surface area contributed by atoms with E-state index in [1.807, 2.05) is 13.8 Å². The van der Waals surface area contributed by atoms with Crippen LogP contribution >= 0.6 is 0 Å². The van der Waals surface area contributed by atoms with Crippen molar-refractivity contribution in [2.75, 3.05) is 13.7 Å². The van der Waals surface area contributed by atoms with E-state index in [2.05, 4.69) is 50.3 Å². The van der Waals surface area contributed by atoms with Crippen LogP contribution in [0.3, 0.4) is 0 Å². The van der Waals surface area contributed by atoms with Crippen molar-refractivity contribution in [2.45, 2.75) is 40.5 Å². The Bertz CT molecular complexity index is 406. The van der Waals surface area contributed by atoms with Gasteiger partial charge in [-0.05, 0) is 22.8 Å². The third kappa shape index (κ3) is 6.61. The minimum atomic E-state index is 0.641. The SMILES string of the molecule is CC.CCCC(C)/C=c1/cccc/c1=C/COC. The molecule has 0 N–H and O–H groups in total. The molecule has 1 rings (SSSR count). The van der Waals surface area contributed by atoms with Crippen molar-refractivity contribution < 1.29 is 4.74 Å². The van der Waals surface area contributed by atoms with E-state index in [0.717, 1.165) is 0 Å². The van der Waals surface area contributed by atoms with Gasteiger partial charge in [-0.3, -0.25) is 0 Å². The quantitative estimate of drug-likeness (QED) is 0.776. The summed E-state index contributed by atoms with van der Waals surface area (Å²) in [7, 11) is 1.72. The van der Waals surface area contributed by atoms with Crippen LogP contribution in [0.15, 0.2) is 24.3 Å². The molecule has 0 aromatic heterocycles. The number of ether oxygens (including phenoxy) is 1. The molecular weight excluding hydrogens is 220 g/mol. The van der Waals surface area contributed by atoms with Crippen LogP contribution in [-0.2, 0) is 4.74 Å². The summed E-state index contributed by atoms with van der Waals surface area (Å²) in [6.45, 7) is 9.18. The lowest BCUT2D eigenvalue weighted by Gasteiger charge is -2.02. The maximum absolute atomic E-state index is 5.08. The zero-order chi connectivity index (χ0) is 13.8. The van der Waals surface area contributed by atoms with Gasteiger partial charge in [0.2, 0.25) is 0 Å². The van der Waals surface area contributed by atoms with Gasteiger partial charge in [-0.2, -0.15) is 0 Å². The first-order valence-electron chi connectivity index (χ1n) is 7.04. The molecule has 1 nitrogen and oxygen atoms in total. The van der Waals surface area contributed by atoms with Crippen LogP contribution in [0.25, 0.3) is 12.2 Å². The molecule has 1 aromatic rings. The number of hydrogen-bond acceptors (Lipinski definition) is 1. The largest absolute Gasteiger partial charge is 0.381 e. The smallest absolute Gasteiger partial charge is 0.0652 e. The molecule has 18 heavy (non-hydrogen) atoms. The Hall–Kier alpha value is -1.08. The molecule has 0 heterocycles. The Morgan fingerprint density at radius 3 is 2.33 bits per heavy atom. The van der Waals surface area contributed by atoms with Crippen LogP contribution in [0.1, 0.15) is 40.5 Å². The monoisotopic (exact) mass is 248 g/mol. The van der Waals surface area contributed by atoms with Crippen molar-refractivity contribution in [1.29, 1.82) is 0 Å². The lowest BCUT2D eigenvalue weighted by atomic mass is 10.0. The van der Waals surface area contributed by atoms with Crippen LogP contribution in [0.5, 0.6) is 0 Å². The fraction of sp³-hybridized carbons (Fsp3) is 0.529. The topological polar surface area (TPSA) is 9.23 Å². The number of benzene rings is 1. The van der Waals surface area contributed by atoms with Gasteiger partial charge in [-0.1, -0.05) is 70.5 Å². The summed E-state index contributed by atoms with van der Waals surface area (Å²) in [5.41, 5.74) is 0. The zero-order valence-corrected chi connectivity index (χ0v) is 12.6. The van der Waals surface area contributed by atoms with E-state index in [0.29, 0.717) is 12.5 Å². The molecule has 0 saturated carbocycles. The Kier molecular flexibility index (Phi) is 10.4. The summed E-state index contributed by atoms with van der Waals surface area (Å²) in [4.78, 5) is 0. The normalized spacial score (nSPS) is 14.1. The van der Waals surface area contributed by atoms with E-state index in [-0.39, 0.29) is 0 Å². The molecule has 1 atom stereocenters. The molecule has 1 aromatic carbocycles. The highest BCUT2D eigenvalue weighted by Gasteiger charge is 1.94. The minimum Gasteiger partial charge on any atom is -0.381 e. The minimum absolute atomic E-state index is 0.641. The maximum Gasteiger partial charge on any atom is 0.0652 e. The average molecular weight is 248 g/mol. The molecule has 0 saturated heterocycles. The highest BCUT2D eigenvalue weighted by Crippen LogP contribution is 2.05. The molecule has 0 radical (unpaired) electrons. The standard InChI is InChI=1S/C15H22O.C2H6/c1-4-7-13(2)12-15-9-6-5-8-14(15)10-11-16-3;1-2/h5-6,8-10,12-13H,4,7,11H2,1-3H3;1-2H3/b14-10-,15-12-;. The molecule has 0 aliphatic carbocycles. The second-order valence-electron chi connectivity index (χ2n) is 4.22. The van der Waals surface area contributed by atoms with Crippen LogP contribution in [0.4, 0.5) is 0 Å². The summed E-state index contributed by atoms with van der Waals surface area (Å²) in [6.07, 6.45) is 6.97. The summed E-state index contributed by atoms with van der Waals surface area (Å²) in [5.74, 6) is 0.641. The number of hydrogen-bond donors (Lipinski definition) is 0. The molecule has 0 spiro atoms. The molecule has 1 unspecified atom stereocenters. The lowest BCUT2D eigenvalue weighted by molar-refractivity contribution is 0.243. The summed E-state index contributed by atoms with van der Waals surface area (Å²) >= 11 is 0. The molecule has 0 aliphatic heterocycles. The van der Waals surface area contributed by atoms with Crippen LogP contribution in [0, 0.1) is 5.92 Å². The van der Waals surface area contributed by atoms with Gasteiger partial charge in [0.05, 0.1) is 6.61 Å². The number of rotatable bonds is 5. The molecule has 0 fully saturated rings. The second-order valence-corrected chi connectivity index (χ2v) is 4.22. The Balaban J connectivity index is 0.00000137. The Labute approximate surface area is 112 Å². The van der Waals surface area contributed by atoms with Gasteiger partial charge >= 0.3 is 0 Å². The Morgan fingerprint density at radius 1 is 1.17 bits per heavy atom. The molecule has 102 valence electrons. The van der Waals surface area contributed by atoms with Crippen molar-refractivity contribution in [2.24, 2.45) is 5.92 Å². The van der Waals surface area contributed by atoms with E-state index in [4.69, 9.17) is 4.74 Å². The van der Waals surface area contributed by atoms with E-state index in [1.165, 1.54) is 23.3 Å². The van der Waals surface area contributed by atoms with Gasteiger partial charge in [0, 0.05) is 7.11 Å². The highest BCUT2D eigenvalue weighted by atomic mass is 16.5. The van der Waals surface area contributed by atoms with Gasteiger partial charge in [-0.15, -0.1) is 0 Å². The van der Waals surface area contributed by atoms with Crippen molar-refractivity contribution in [3.63, 3.8) is 0 Å². The first-order chi connectivity index (χ1) is 8.77. The first kappa shape index (κ1) is 16.9. The molecule has 0 aliphatic rings. The molecule has 0 amide bonds. The van der Waals surface area contributed by atoms with Gasteiger partial charge in [0.1, 0.15) is 0 Å². The Morgan fingerprint density at radius 2 is 1.78 bits per heavy atom. The van der Waals surface area contributed by atoms with Crippen LogP contribution in [-0.4, -0.2) is 13.7 Å². The predicted octanol–water partition coefficient (Wildman–Crippen LogP) is 3.36. The summed E-state index contributed by atoms with van der Waals surface area (Å²) < 4.78 is 5.08. The van der Waals surface area contributed by atoms with Gasteiger partial charge in [0.25, 0.3) is 0 Å². The summed E-state index contributed by atoms with van der Waals surface area (Å²) in [5, 5.41) is 2.59.